The summed E-state index contributed by atoms with van der Waals surface area (Å²) in [5, 5.41) is 2.95. The normalized spacial score (nSPS) is 28.9. The molecule has 2 fully saturated rings. The molecule has 2 rings (SSSR count). The van der Waals surface area contributed by atoms with Crippen molar-refractivity contribution >= 4 is 6.03 Å². The number of hydrogen-bond acceptors (Lipinski definition) is 3. The molecule has 2 atom stereocenters. The first-order chi connectivity index (χ1) is 8.72. The van der Waals surface area contributed by atoms with E-state index in [1.54, 1.807) is 7.11 Å². The number of ether oxygens (including phenoxy) is 1. The maximum atomic E-state index is 12.2. The molecule has 18 heavy (non-hydrogen) atoms. The third-order valence-corrected chi connectivity index (χ3v) is 4.11. The molecule has 2 saturated heterocycles. The second kappa shape index (κ2) is 6.38. The summed E-state index contributed by atoms with van der Waals surface area (Å²) in [7, 11) is 3.83. The smallest absolute Gasteiger partial charge is 0.317 e. The van der Waals surface area contributed by atoms with Gasteiger partial charge in [-0.05, 0) is 38.8 Å². The van der Waals surface area contributed by atoms with E-state index in [-0.39, 0.29) is 6.03 Å². The number of methoxy groups -OCH3 is 1. The molecule has 1 N–H and O–H groups in total. The van der Waals surface area contributed by atoms with E-state index in [1.807, 2.05) is 0 Å². The number of carbonyl (C=O) groups is 1. The van der Waals surface area contributed by atoms with Crippen molar-refractivity contribution < 1.29 is 9.53 Å². The summed E-state index contributed by atoms with van der Waals surface area (Å²) in [6.45, 7) is 4.32. The van der Waals surface area contributed by atoms with Gasteiger partial charge in [0.15, 0.2) is 0 Å². The SMILES string of the molecule is COCCNC(=O)N1CCCC2CN(C)CCC21. The summed E-state index contributed by atoms with van der Waals surface area (Å²) < 4.78 is 4.96. The Morgan fingerprint density at radius 3 is 3.00 bits per heavy atom. The summed E-state index contributed by atoms with van der Waals surface area (Å²) in [5.74, 6) is 0.658. The van der Waals surface area contributed by atoms with Crippen LogP contribution in [-0.2, 0) is 4.74 Å². The Morgan fingerprint density at radius 2 is 2.22 bits per heavy atom. The van der Waals surface area contributed by atoms with Gasteiger partial charge >= 0.3 is 6.03 Å². The minimum atomic E-state index is 0.0892. The van der Waals surface area contributed by atoms with E-state index in [4.69, 9.17) is 4.74 Å². The Morgan fingerprint density at radius 1 is 1.39 bits per heavy atom. The second-order valence-electron chi connectivity index (χ2n) is 5.44. The molecular weight excluding hydrogens is 230 g/mol. The van der Waals surface area contributed by atoms with Crippen molar-refractivity contribution in [3.05, 3.63) is 0 Å². The van der Waals surface area contributed by atoms with Gasteiger partial charge in [0.1, 0.15) is 0 Å². The maximum absolute atomic E-state index is 12.2. The van der Waals surface area contributed by atoms with Crippen LogP contribution in [0.1, 0.15) is 19.3 Å². The first-order valence-corrected chi connectivity index (χ1v) is 6.94. The van der Waals surface area contributed by atoms with E-state index >= 15 is 0 Å². The molecule has 5 nitrogen and oxygen atoms in total. The molecule has 0 saturated carbocycles. The lowest BCUT2D eigenvalue weighted by Gasteiger charge is -2.46. The Kier molecular flexibility index (Phi) is 4.83. The number of likely N-dealkylation sites (tertiary alicyclic amines) is 2. The topological polar surface area (TPSA) is 44.8 Å². The Labute approximate surface area is 109 Å². The lowest BCUT2D eigenvalue weighted by atomic mass is 9.84. The summed E-state index contributed by atoms with van der Waals surface area (Å²) in [6.07, 6.45) is 3.50. The van der Waals surface area contributed by atoms with Crippen LogP contribution in [0.4, 0.5) is 4.79 Å². The third-order valence-electron chi connectivity index (χ3n) is 4.11. The zero-order chi connectivity index (χ0) is 13.0. The molecule has 2 aliphatic rings. The Bertz CT molecular complexity index is 285. The number of amides is 2. The first kappa shape index (κ1) is 13.6. The highest BCUT2D eigenvalue weighted by Gasteiger charge is 2.36. The number of nitrogens with zero attached hydrogens (tertiary/aromatic N) is 2. The molecule has 104 valence electrons. The molecule has 0 spiro atoms. The van der Waals surface area contributed by atoms with E-state index in [0.29, 0.717) is 25.1 Å². The van der Waals surface area contributed by atoms with E-state index in [1.165, 1.54) is 6.42 Å². The lowest BCUT2D eigenvalue weighted by molar-refractivity contribution is 0.0527. The monoisotopic (exact) mass is 255 g/mol. The van der Waals surface area contributed by atoms with Gasteiger partial charge in [-0.1, -0.05) is 0 Å². The summed E-state index contributed by atoms with van der Waals surface area (Å²) in [4.78, 5) is 16.6. The number of piperidine rings is 2. The number of nitrogens with one attached hydrogen (secondary N) is 1. The largest absolute Gasteiger partial charge is 0.383 e. The van der Waals surface area contributed by atoms with Crippen LogP contribution in [0, 0.1) is 5.92 Å². The predicted molar refractivity (Wildman–Crippen MR) is 70.6 cm³/mol. The summed E-state index contributed by atoms with van der Waals surface area (Å²) >= 11 is 0. The molecular formula is C13H25N3O2. The van der Waals surface area contributed by atoms with Crippen molar-refractivity contribution in [3.63, 3.8) is 0 Å². The number of rotatable bonds is 3. The fourth-order valence-corrected chi connectivity index (χ4v) is 3.20. The van der Waals surface area contributed by atoms with Crippen LogP contribution < -0.4 is 5.32 Å². The van der Waals surface area contributed by atoms with Crippen molar-refractivity contribution in [1.82, 2.24) is 15.1 Å². The zero-order valence-corrected chi connectivity index (χ0v) is 11.5. The molecule has 2 unspecified atom stereocenters. The molecule has 0 aromatic rings. The zero-order valence-electron chi connectivity index (χ0n) is 11.5. The van der Waals surface area contributed by atoms with Crippen LogP contribution in [0.5, 0.6) is 0 Å². The van der Waals surface area contributed by atoms with Crippen LogP contribution in [0.2, 0.25) is 0 Å². The van der Waals surface area contributed by atoms with Crippen molar-refractivity contribution in [2.24, 2.45) is 5.92 Å². The quantitative estimate of drug-likeness (QED) is 0.757. The number of urea groups is 1. The average Bonchev–Trinajstić information content (AvgIpc) is 2.37. The molecule has 0 aliphatic carbocycles. The molecule has 2 amide bonds. The van der Waals surface area contributed by atoms with Crippen LogP contribution in [0.3, 0.4) is 0 Å². The van der Waals surface area contributed by atoms with Crippen LogP contribution in [-0.4, -0.2) is 68.8 Å². The maximum Gasteiger partial charge on any atom is 0.317 e. The standard InChI is InChI=1S/C13H25N3O2/c1-15-8-5-12-11(10-15)4-3-7-16(12)13(17)14-6-9-18-2/h11-12H,3-10H2,1-2H3,(H,14,17). The lowest BCUT2D eigenvalue weighted by Crippen LogP contribution is -2.57. The Hall–Kier alpha value is -0.810. The fraction of sp³-hybridized carbons (Fsp3) is 0.923. The van der Waals surface area contributed by atoms with Crippen LogP contribution >= 0.6 is 0 Å². The van der Waals surface area contributed by atoms with Crippen molar-refractivity contribution in [2.45, 2.75) is 25.3 Å². The van der Waals surface area contributed by atoms with Gasteiger partial charge in [-0.3, -0.25) is 0 Å². The fourth-order valence-electron chi connectivity index (χ4n) is 3.20. The number of hydrogen-bond donors (Lipinski definition) is 1. The van der Waals surface area contributed by atoms with Crippen LogP contribution in [0.15, 0.2) is 0 Å². The van der Waals surface area contributed by atoms with Gasteiger partial charge in [0, 0.05) is 32.8 Å². The molecule has 2 aliphatic heterocycles. The van der Waals surface area contributed by atoms with E-state index in [0.717, 1.165) is 32.5 Å². The molecule has 2 heterocycles. The molecule has 0 aromatic carbocycles. The average molecular weight is 255 g/mol. The van der Waals surface area contributed by atoms with Gasteiger partial charge < -0.3 is 19.9 Å². The van der Waals surface area contributed by atoms with Gasteiger partial charge in [-0.2, -0.15) is 0 Å². The predicted octanol–water partition coefficient (Wildman–Crippen LogP) is 0.759. The van der Waals surface area contributed by atoms with Gasteiger partial charge in [0.2, 0.25) is 0 Å². The highest BCUT2D eigenvalue weighted by atomic mass is 16.5. The second-order valence-corrected chi connectivity index (χ2v) is 5.44. The molecule has 5 heteroatoms. The van der Waals surface area contributed by atoms with Crippen molar-refractivity contribution in [1.29, 1.82) is 0 Å². The van der Waals surface area contributed by atoms with Crippen molar-refractivity contribution in [3.8, 4) is 0 Å². The summed E-state index contributed by atoms with van der Waals surface area (Å²) in [6, 6.07) is 0.531. The van der Waals surface area contributed by atoms with E-state index < -0.39 is 0 Å². The Balaban J connectivity index is 1.89. The molecule has 0 radical (unpaired) electrons. The first-order valence-electron chi connectivity index (χ1n) is 6.94. The molecule has 0 aromatic heterocycles. The molecule has 0 bridgehead atoms. The van der Waals surface area contributed by atoms with Crippen molar-refractivity contribution in [2.75, 3.05) is 46.9 Å². The highest BCUT2D eigenvalue weighted by molar-refractivity contribution is 5.74. The van der Waals surface area contributed by atoms with Gasteiger partial charge in [-0.25, -0.2) is 4.79 Å². The number of carbonyl (C=O) groups excluding carboxylic acids is 1. The van der Waals surface area contributed by atoms with Crippen LogP contribution in [0.25, 0.3) is 0 Å². The van der Waals surface area contributed by atoms with Gasteiger partial charge in [0.25, 0.3) is 0 Å². The van der Waals surface area contributed by atoms with E-state index in [9.17, 15) is 4.79 Å². The van der Waals surface area contributed by atoms with Gasteiger partial charge in [-0.15, -0.1) is 0 Å². The minimum absolute atomic E-state index is 0.0892. The van der Waals surface area contributed by atoms with Gasteiger partial charge in [0.05, 0.1) is 6.61 Å². The number of fused-ring (bicyclic) bond motifs is 1. The van der Waals surface area contributed by atoms with E-state index in [2.05, 4.69) is 22.2 Å². The third kappa shape index (κ3) is 3.14. The highest BCUT2D eigenvalue weighted by Crippen LogP contribution is 2.29. The minimum Gasteiger partial charge on any atom is -0.383 e. The summed E-state index contributed by atoms with van der Waals surface area (Å²) in [5.41, 5.74) is 0.